The molecule has 19 heavy (non-hydrogen) atoms. The Balaban J connectivity index is 0.000000637. The second-order valence-electron chi connectivity index (χ2n) is 4.46. The van der Waals surface area contributed by atoms with Crippen molar-refractivity contribution in [2.24, 2.45) is 0 Å². The fraction of sp³-hybridized carbons (Fsp3) is 0.500. The Hall–Kier alpha value is -1.75. The fourth-order valence-electron chi connectivity index (χ4n) is 2.26. The van der Waals surface area contributed by atoms with E-state index in [1.807, 2.05) is 32.0 Å². The summed E-state index contributed by atoms with van der Waals surface area (Å²) in [6.45, 7) is 7.99. The number of aromatic nitrogens is 1. The zero-order valence-electron chi connectivity index (χ0n) is 11.8. The first-order valence-electron chi connectivity index (χ1n) is 6.79. The number of nitrogens with one attached hydrogen (secondary N) is 1. The number of hydrogen-bond donors (Lipinski definition) is 1. The number of benzene rings is 1. The SMILES string of the molecule is CC.CN1CCN(c2cccc3[nH]c(=O)oc23)CC1. The van der Waals surface area contributed by atoms with Crippen LogP contribution in [0.1, 0.15) is 13.8 Å². The largest absolute Gasteiger partial charge is 0.417 e. The van der Waals surface area contributed by atoms with Gasteiger partial charge >= 0.3 is 5.76 Å². The topological polar surface area (TPSA) is 52.5 Å². The summed E-state index contributed by atoms with van der Waals surface area (Å²) in [5, 5.41) is 0. The van der Waals surface area contributed by atoms with Crippen LogP contribution >= 0.6 is 0 Å². The number of likely N-dealkylation sites (N-methyl/N-ethyl adjacent to an activating group) is 1. The number of hydrogen-bond acceptors (Lipinski definition) is 4. The van der Waals surface area contributed by atoms with Crippen molar-refractivity contribution in [3.05, 3.63) is 28.7 Å². The number of H-pyrrole nitrogens is 1. The summed E-state index contributed by atoms with van der Waals surface area (Å²) in [5.41, 5.74) is 2.45. The average molecular weight is 263 g/mol. The summed E-state index contributed by atoms with van der Waals surface area (Å²) in [6.07, 6.45) is 0. The van der Waals surface area contributed by atoms with Gasteiger partial charge < -0.3 is 14.2 Å². The molecule has 1 N–H and O–H groups in total. The maximum absolute atomic E-state index is 11.2. The third-order valence-corrected chi connectivity index (χ3v) is 3.27. The molecule has 3 rings (SSSR count). The number of anilines is 1. The Morgan fingerprint density at radius 2 is 1.84 bits per heavy atom. The lowest BCUT2D eigenvalue weighted by atomic mass is 10.2. The zero-order valence-corrected chi connectivity index (χ0v) is 11.8. The molecule has 0 spiro atoms. The van der Waals surface area contributed by atoms with E-state index in [1.165, 1.54) is 0 Å². The number of oxazole rings is 1. The van der Waals surface area contributed by atoms with Crippen LogP contribution in [0.3, 0.4) is 0 Å². The molecule has 0 amide bonds. The second-order valence-corrected chi connectivity index (χ2v) is 4.46. The Morgan fingerprint density at radius 1 is 1.16 bits per heavy atom. The molecule has 1 aliphatic rings. The summed E-state index contributed by atoms with van der Waals surface area (Å²) >= 11 is 0. The molecule has 1 aromatic carbocycles. The summed E-state index contributed by atoms with van der Waals surface area (Å²) in [6, 6.07) is 5.81. The minimum atomic E-state index is -0.387. The van der Waals surface area contributed by atoms with Crippen LogP contribution in [-0.2, 0) is 0 Å². The minimum Gasteiger partial charge on any atom is -0.406 e. The molecule has 1 aromatic heterocycles. The van der Waals surface area contributed by atoms with Crippen LogP contribution in [0.2, 0.25) is 0 Å². The van der Waals surface area contributed by atoms with Crippen molar-refractivity contribution in [2.45, 2.75) is 13.8 Å². The van der Waals surface area contributed by atoms with Crippen LogP contribution in [0.25, 0.3) is 11.1 Å². The molecule has 1 fully saturated rings. The van der Waals surface area contributed by atoms with Gasteiger partial charge in [-0.2, -0.15) is 0 Å². The summed E-state index contributed by atoms with van der Waals surface area (Å²) in [4.78, 5) is 18.5. The van der Waals surface area contributed by atoms with E-state index in [2.05, 4.69) is 21.8 Å². The molecule has 5 nitrogen and oxygen atoms in total. The number of fused-ring (bicyclic) bond motifs is 1. The lowest BCUT2D eigenvalue weighted by Gasteiger charge is -2.33. The van der Waals surface area contributed by atoms with Gasteiger partial charge in [0.25, 0.3) is 0 Å². The van der Waals surface area contributed by atoms with Gasteiger partial charge in [-0.05, 0) is 19.2 Å². The Bertz CT molecular complexity index is 580. The molecule has 0 atom stereocenters. The predicted molar refractivity (Wildman–Crippen MR) is 77.9 cm³/mol. The van der Waals surface area contributed by atoms with Gasteiger partial charge in [-0.3, -0.25) is 4.98 Å². The van der Waals surface area contributed by atoms with E-state index < -0.39 is 0 Å². The van der Waals surface area contributed by atoms with Gasteiger partial charge in [0.15, 0.2) is 5.58 Å². The van der Waals surface area contributed by atoms with Crippen LogP contribution in [0.4, 0.5) is 5.69 Å². The van der Waals surface area contributed by atoms with Crippen LogP contribution in [-0.4, -0.2) is 43.1 Å². The van der Waals surface area contributed by atoms with E-state index in [1.54, 1.807) is 0 Å². The first-order chi connectivity index (χ1) is 9.24. The molecule has 1 aliphatic heterocycles. The van der Waals surface area contributed by atoms with Crippen LogP contribution < -0.4 is 10.7 Å². The van der Waals surface area contributed by atoms with Gasteiger partial charge in [0.05, 0.1) is 11.2 Å². The van der Waals surface area contributed by atoms with Gasteiger partial charge in [0.2, 0.25) is 0 Å². The summed E-state index contributed by atoms with van der Waals surface area (Å²) in [7, 11) is 2.12. The van der Waals surface area contributed by atoms with E-state index in [4.69, 9.17) is 4.42 Å². The smallest absolute Gasteiger partial charge is 0.406 e. The average Bonchev–Trinajstić information content (AvgIpc) is 2.82. The number of nitrogens with zero attached hydrogens (tertiary/aromatic N) is 2. The summed E-state index contributed by atoms with van der Waals surface area (Å²) in [5.74, 6) is -0.387. The molecule has 104 valence electrons. The molecule has 0 bridgehead atoms. The molecule has 2 heterocycles. The fourth-order valence-corrected chi connectivity index (χ4v) is 2.26. The monoisotopic (exact) mass is 263 g/mol. The Morgan fingerprint density at radius 3 is 2.53 bits per heavy atom. The highest BCUT2D eigenvalue weighted by molar-refractivity contribution is 5.86. The van der Waals surface area contributed by atoms with Crippen molar-refractivity contribution in [3.8, 4) is 0 Å². The van der Waals surface area contributed by atoms with Gasteiger partial charge in [0.1, 0.15) is 0 Å². The maximum atomic E-state index is 11.2. The number of piperazine rings is 1. The third-order valence-electron chi connectivity index (χ3n) is 3.27. The predicted octanol–water partition coefficient (Wildman–Crippen LogP) is 1.90. The number of rotatable bonds is 1. The van der Waals surface area contributed by atoms with Gasteiger partial charge in [-0.25, -0.2) is 4.79 Å². The molecule has 0 saturated carbocycles. The van der Waals surface area contributed by atoms with E-state index in [9.17, 15) is 4.79 Å². The second kappa shape index (κ2) is 5.93. The first kappa shape index (κ1) is 13.7. The lowest BCUT2D eigenvalue weighted by Crippen LogP contribution is -2.44. The van der Waals surface area contributed by atoms with Crippen LogP contribution in [0.15, 0.2) is 27.4 Å². The Labute approximate surface area is 112 Å². The van der Waals surface area contributed by atoms with Gasteiger partial charge in [0, 0.05) is 26.2 Å². The van der Waals surface area contributed by atoms with Crippen LogP contribution in [0.5, 0.6) is 0 Å². The first-order valence-corrected chi connectivity index (χ1v) is 6.79. The van der Waals surface area contributed by atoms with E-state index in [0.717, 1.165) is 37.4 Å². The van der Waals surface area contributed by atoms with Crippen molar-refractivity contribution >= 4 is 16.8 Å². The highest BCUT2D eigenvalue weighted by atomic mass is 16.4. The van der Waals surface area contributed by atoms with Gasteiger partial charge in [-0.15, -0.1) is 0 Å². The standard InChI is InChI=1S/C12H15N3O2.C2H6/c1-14-5-7-15(8-6-14)10-4-2-3-9-11(10)17-12(16)13-9;1-2/h2-4H,5-8H2,1H3,(H,13,16);1-2H3. The normalized spacial score (nSPS) is 16.3. The zero-order chi connectivity index (χ0) is 13.8. The third kappa shape index (κ3) is 2.81. The van der Waals surface area contributed by atoms with Crippen LogP contribution in [0, 0.1) is 0 Å². The quantitative estimate of drug-likeness (QED) is 0.853. The molecule has 2 aromatic rings. The molecule has 1 saturated heterocycles. The van der Waals surface area contributed by atoms with Crippen molar-refractivity contribution in [1.29, 1.82) is 0 Å². The highest BCUT2D eigenvalue weighted by Crippen LogP contribution is 2.25. The highest BCUT2D eigenvalue weighted by Gasteiger charge is 2.18. The van der Waals surface area contributed by atoms with Gasteiger partial charge in [-0.1, -0.05) is 19.9 Å². The van der Waals surface area contributed by atoms with E-state index in [0.29, 0.717) is 5.58 Å². The van der Waals surface area contributed by atoms with Crippen molar-refractivity contribution < 1.29 is 4.42 Å². The molecular weight excluding hydrogens is 242 g/mol. The molecule has 0 aliphatic carbocycles. The number of aromatic amines is 1. The van der Waals surface area contributed by atoms with E-state index >= 15 is 0 Å². The molecule has 0 unspecified atom stereocenters. The molecule has 5 heteroatoms. The summed E-state index contributed by atoms with van der Waals surface area (Å²) < 4.78 is 5.21. The van der Waals surface area contributed by atoms with E-state index in [-0.39, 0.29) is 5.76 Å². The number of para-hydroxylation sites is 1. The minimum absolute atomic E-state index is 0.387. The van der Waals surface area contributed by atoms with Crippen molar-refractivity contribution in [2.75, 3.05) is 38.1 Å². The molecule has 0 radical (unpaired) electrons. The Kier molecular flexibility index (Phi) is 4.27. The van der Waals surface area contributed by atoms with Crippen molar-refractivity contribution in [1.82, 2.24) is 9.88 Å². The molecular formula is C14H21N3O2. The van der Waals surface area contributed by atoms with Crippen molar-refractivity contribution in [3.63, 3.8) is 0 Å². The maximum Gasteiger partial charge on any atom is 0.417 e. The lowest BCUT2D eigenvalue weighted by molar-refractivity contribution is 0.313.